The quantitative estimate of drug-likeness (QED) is 0.880. The molecule has 1 N–H and O–H groups in total. The van der Waals surface area contributed by atoms with Crippen molar-refractivity contribution in [3.8, 4) is 0 Å². The molecule has 1 unspecified atom stereocenters. The second-order valence-electron chi connectivity index (χ2n) is 5.52. The number of anilines is 1. The Hall–Kier alpha value is -0.610. The fourth-order valence-corrected chi connectivity index (χ4v) is 2.72. The summed E-state index contributed by atoms with van der Waals surface area (Å²) in [5.41, 5.74) is 1.84. The molecular formula is C14H19BrFNO. The van der Waals surface area contributed by atoms with E-state index in [1.54, 1.807) is 6.07 Å². The highest BCUT2D eigenvalue weighted by molar-refractivity contribution is 9.10. The van der Waals surface area contributed by atoms with Crippen LogP contribution in [0.25, 0.3) is 0 Å². The minimum Gasteiger partial charge on any atom is -0.382 e. The van der Waals surface area contributed by atoms with E-state index in [1.165, 1.54) is 0 Å². The van der Waals surface area contributed by atoms with E-state index in [1.807, 2.05) is 13.0 Å². The van der Waals surface area contributed by atoms with Crippen molar-refractivity contribution in [2.24, 2.45) is 0 Å². The summed E-state index contributed by atoms with van der Waals surface area (Å²) in [6.07, 6.45) is 1.94. The molecule has 0 aromatic heterocycles. The molecule has 4 heteroatoms. The molecule has 0 bridgehead atoms. The van der Waals surface area contributed by atoms with Gasteiger partial charge in [0.15, 0.2) is 0 Å². The molecule has 0 saturated carbocycles. The molecule has 100 valence electrons. The van der Waals surface area contributed by atoms with E-state index in [2.05, 4.69) is 35.1 Å². The van der Waals surface area contributed by atoms with E-state index in [9.17, 15) is 4.39 Å². The van der Waals surface area contributed by atoms with Crippen molar-refractivity contribution in [3.63, 3.8) is 0 Å². The molecule has 2 rings (SSSR count). The molecule has 1 saturated heterocycles. The highest BCUT2D eigenvalue weighted by atomic mass is 79.9. The van der Waals surface area contributed by atoms with E-state index in [0.717, 1.165) is 30.7 Å². The summed E-state index contributed by atoms with van der Waals surface area (Å²) in [5.74, 6) is -0.217. The van der Waals surface area contributed by atoms with Gasteiger partial charge in [-0.25, -0.2) is 4.39 Å². The van der Waals surface area contributed by atoms with Gasteiger partial charge < -0.3 is 10.1 Å². The predicted molar refractivity (Wildman–Crippen MR) is 75.5 cm³/mol. The van der Waals surface area contributed by atoms with E-state index in [4.69, 9.17) is 4.74 Å². The smallest absolute Gasteiger partial charge is 0.137 e. The van der Waals surface area contributed by atoms with Crippen LogP contribution in [0.1, 0.15) is 32.3 Å². The van der Waals surface area contributed by atoms with Gasteiger partial charge in [0.1, 0.15) is 5.82 Å². The lowest BCUT2D eigenvalue weighted by molar-refractivity contribution is -0.0553. The standard InChI is InChI=1S/C14H19BrFNO/c1-9-6-12(16)11(15)7-13(9)17-10-4-5-18-14(2,3)8-10/h6-7,10,17H,4-5,8H2,1-3H3. The molecule has 0 radical (unpaired) electrons. The van der Waals surface area contributed by atoms with Crippen molar-refractivity contribution in [2.45, 2.75) is 45.3 Å². The number of nitrogens with one attached hydrogen (secondary N) is 1. The zero-order chi connectivity index (χ0) is 13.3. The van der Waals surface area contributed by atoms with Crippen LogP contribution < -0.4 is 5.32 Å². The second-order valence-corrected chi connectivity index (χ2v) is 6.38. The number of rotatable bonds is 2. The van der Waals surface area contributed by atoms with Gasteiger partial charge in [0.05, 0.1) is 10.1 Å². The van der Waals surface area contributed by atoms with Crippen LogP contribution in [0.4, 0.5) is 10.1 Å². The van der Waals surface area contributed by atoms with Crippen LogP contribution in [0.15, 0.2) is 16.6 Å². The van der Waals surface area contributed by atoms with Crippen LogP contribution in [-0.4, -0.2) is 18.2 Å². The Kier molecular flexibility index (Phi) is 3.97. The molecule has 18 heavy (non-hydrogen) atoms. The number of hydrogen-bond donors (Lipinski definition) is 1. The first kappa shape index (κ1) is 13.8. The molecule has 0 aliphatic carbocycles. The summed E-state index contributed by atoms with van der Waals surface area (Å²) >= 11 is 3.23. The zero-order valence-electron chi connectivity index (χ0n) is 11.0. The molecular weight excluding hydrogens is 297 g/mol. The molecule has 1 heterocycles. The van der Waals surface area contributed by atoms with Crippen molar-refractivity contribution in [2.75, 3.05) is 11.9 Å². The van der Waals surface area contributed by atoms with Gasteiger partial charge in [0, 0.05) is 18.3 Å². The molecule has 1 fully saturated rings. The highest BCUT2D eigenvalue weighted by Crippen LogP contribution is 2.29. The van der Waals surface area contributed by atoms with Crippen LogP contribution in [0, 0.1) is 12.7 Å². The third-order valence-corrected chi connectivity index (χ3v) is 3.93. The van der Waals surface area contributed by atoms with Crippen molar-refractivity contribution in [3.05, 3.63) is 28.0 Å². The lowest BCUT2D eigenvalue weighted by Gasteiger charge is -2.36. The van der Waals surface area contributed by atoms with Crippen molar-refractivity contribution in [1.29, 1.82) is 0 Å². The summed E-state index contributed by atoms with van der Waals surface area (Å²) < 4.78 is 19.6. The normalized spacial score (nSPS) is 22.8. The fourth-order valence-electron chi connectivity index (χ4n) is 2.38. The van der Waals surface area contributed by atoms with Gasteiger partial charge in [-0.15, -0.1) is 0 Å². The van der Waals surface area contributed by atoms with E-state index in [-0.39, 0.29) is 11.4 Å². The molecule has 1 atom stereocenters. The van der Waals surface area contributed by atoms with Crippen molar-refractivity contribution < 1.29 is 9.13 Å². The predicted octanol–water partition coefficient (Wildman–Crippen LogP) is 4.27. The number of benzene rings is 1. The Morgan fingerprint density at radius 3 is 2.83 bits per heavy atom. The molecule has 1 aliphatic heterocycles. The van der Waals surface area contributed by atoms with Gasteiger partial charge in [0.2, 0.25) is 0 Å². The van der Waals surface area contributed by atoms with Gasteiger partial charge in [-0.05, 0) is 67.2 Å². The topological polar surface area (TPSA) is 21.3 Å². The maximum absolute atomic E-state index is 13.4. The number of aryl methyl sites for hydroxylation is 1. The van der Waals surface area contributed by atoms with Crippen molar-refractivity contribution >= 4 is 21.6 Å². The lowest BCUT2D eigenvalue weighted by atomic mass is 9.93. The average Bonchev–Trinajstić information content (AvgIpc) is 2.24. The number of halogens is 2. The maximum Gasteiger partial charge on any atom is 0.137 e. The third-order valence-electron chi connectivity index (χ3n) is 3.32. The number of ether oxygens (including phenoxy) is 1. The maximum atomic E-state index is 13.4. The first-order valence-electron chi connectivity index (χ1n) is 6.23. The Labute approximate surface area is 116 Å². The molecule has 1 aromatic carbocycles. The summed E-state index contributed by atoms with van der Waals surface area (Å²) in [7, 11) is 0. The van der Waals surface area contributed by atoms with Gasteiger partial charge in [-0.2, -0.15) is 0 Å². The molecule has 0 spiro atoms. The summed E-state index contributed by atoms with van der Waals surface area (Å²) in [6, 6.07) is 3.74. The van der Waals surface area contributed by atoms with Gasteiger partial charge >= 0.3 is 0 Å². The molecule has 1 aliphatic rings. The lowest BCUT2D eigenvalue weighted by Crippen LogP contribution is -2.40. The van der Waals surface area contributed by atoms with Crippen LogP contribution in [0.5, 0.6) is 0 Å². The Balaban J connectivity index is 2.12. The van der Waals surface area contributed by atoms with Gasteiger partial charge in [-0.3, -0.25) is 0 Å². The van der Waals surface area contributed by atoms with Gasteiger partial charge in [0.25, 0.3) is 0 Å². The van der Waals surface area contributed by atoms with E-state index in [0.29, 0.717) is 10.5 Å². The minimum absolute atomic E-state index is 0.0823. The average molecular weight is 316 g/mol. The first-order valence-corrected chi connectivity index (χ1v) is 7.03. The molecule has 0 amide bonds. The summed E-state index contributed by atoms with van der Waals surface area (Å²) in [5, 5.41) is 3.50. The fraction of sp³-hybridized carbons (Fsp3) is 0.571. The van der Waals surface area contributed by atoms with Gasteiger partial charge in [-0.1, -0.05) is 0 Å². The van der Waals surface area contributed by atoms with Crippen LogP contribution >= 0.6 is 15.9 Å². The summed E-state index contributed by atoms with van der Waals surface area (Å²) in [6.45, 7) is 6.90. The Bertz CT molecular complexity index is 448. The third kappa shape index (κ3) is 3.23. The first-order chi connectivity index (χ1) is 8.37. The molecule has 1 aromatic rings. The molecule has 2 nitrogen and oxygen atoms in total. The largest absolute Gasteiger partial charge is 0.382 e. The van der Waals surface area contributed by atoms with Crippen LogP contribution in [0.2, 0.25) is 0 Å². The van der Waals surface area contributed by atoms with Crippen molar-refractivity contribution in [1.82, 2.24) is 0 Å². The SMILES string of the molecule is Cc1cc(F)c(Br)cc1NC1CCOC(C)(C)C1. The number of hydrogen-bond acceptors (Lipinski definition) is 2. The Morgan fingerprint density at radius 1 is 1.44 bits per heavy atom. The van der Waals surface area contributed by atoms with Crippen LogP contribution in [-0.2, 0) is 4.74 Å². The zero-order valence-corrected chi connectivity index (χ0v) is 12.6. The summed E-state index contributed by atoms with van der Waals surface area (Å²) in [4.78, 5) is 0. The van der Waals surface area contributed by atoms with E-state index >= 15 is 0 Å². The van der Waals surface area contributed by atoms with Crippen LogP contribution in [0.3, 0.4) is 0 Å². The monoisotopic (exact) mass is 315 g/mol. The van der Waals surface area contributed by atoms with E-state index < -0.39 is 0 Å². The second kappa shape index (κ2) is 5.17. The minimum atomic E-state index is -0.217. The highest BCUT2D eigenvalue weighted by Gasteiger charge is 2.28. The Morgan fingerprint density at radius 2 is 2.17 bits per heavy atom.